The lowest BCUT2D eigenvalue weighted by molar-refractivity contribution is -0.123. The Morgan fingerprint density at radius 2 is 1.77 bits per heavy atom. The fourth-order valence-corrected chi connectivity index (χ4v) is 4.14. The lowest BCUT2D eigenvalue weighted by Crippen LogP contribution is -2.39. The van der Waals surface area contributed by atoms with E-state index in [9.17, 15) is 9.59 Å². The molecule has 1 aromatic heterocycles. The van der Waals surface area contributed by atoms with Gasteiger partial charge in [0.25, 0.3) is 11.8 Å². The van der Waals surface area contributed by atoms with Crippen LogP contribution in [0.15, 0.2) is 51.3 Å². The van der Waals surface area contributed by atoms with Gasteiger partial charge in [-0.15, -0.1) is 0 Å². The highest BCUT2D eigenvalue weighted by molar-refractivity contribution is 6.25. The maximum Gasteiger partial charge on any atom is 0.263 e. The van der Waals surface area contributed by atoms with Gasteiger partial charge in [-0.25, -0.2) is 4.90 Å². The van der Waals surface area contributed by atoms with Crippen molar-refractivity contribution in [1.29, 1.82) is 0 Å². The summed E-state index contributed by atoms with van der Waals surface area (Å²) in [5.74, 6) is 1.70. The van der Waals surface area contributed by atoms with Gasteiger partial charge < -0.3 is 23.5 Å². The average molecular weight is 478 g/mol. The van der Waals surface area contributed by atoms with Gasteiger partial charge in [0, 0.05) is 23.8 Å². The van der Waals surface area contributed by atoms with E-state index in [0.29, 0.717) is 40.1 Å². The van der Waals surface area contributed by atoms with Crippen LogP contribution in [0.25, 0.3) is 11.4 Å². The molecular weight excluding hydrogens is 460 g/mol. The van der Waals surface area contributed by atoms with Gasteiger partial charge in [-0.3, -0.25) is 14.6 Å². The van der Waals surface area contributed by atoms with Crippen molar-refractivity contribution >= 4 is 17.5 Å². The highest BCUT2D eigenvalue weighted by Crippen LogP contribution is 2.37. The highest BCUT2D eigenvalue weighted by Gasteiger charge is 2.55. The highest BCUT2D eigenvalue weighted by atomic mass is 16.7. The molecule has 178 valence electrons. The van der Waals surface area contributed by atoms with Crippen molar-refractivity contribution in [3.05, 3.63) is 42.3 Å². The molecule has 1 saturated heterocycles. The summed E-state index contributed by atoms with van der Waals surface area (Å²) in [6.07, 6.45) is 0. The van der Waals surface area contributed by atoms with E-state index in [-0.39, 0.29) is 19.2 Å². The molecule has 0 bridgehead atoms. The lowest BCUT2D eigenvalue weighted by atomic mass is 10.1. The number of carbonyl (C=O) groups excluding carboxylic acids is 2. The summed E-state index contributed by atoms with van der Waals surface area (Å²) in [6.45, 7) is 0.154. The molecule has 0 unspecified atom stereocenters. The molecule has 3 aliphatic heterocycles. The first-order valence-electron chi connectivity index (χ1n) is 10.6. The maximum absolute atomic E-state index is 13.3. The molecule has 2 amide bonds. The second-order valence-electron chi connectivity index (χ2n) is 7.85. The van der Waals surface area contributed by atoms with Crippen molar-refractivity contribution in [3.8, 4) is 34.4 Å². The van der Waals surface area contributed by atoms with E-state index in [1.165, 1.54) is 19.2 Å². The number of methoxy groups -OCH3 is 2. The molecule has 2 aromatic carbocycles. The Morgan fingerprint density at radius 1 is 1.00 bits per heavy atom. The maximum atomic E-state index is 13.3. The zero-order chi connectivity index (χ0) is 24.1. The fourth-order valence-electron chi connectivity index (χ4n) is 4.14. The first-order valence-corrected chi connectivity index (χ1v) is 10.6. The van der Waals surface area contributed by atoms with Crippen LogP contribution in [0, 0.1) is 0 Å². The van der Waals surface area contributed by atoms with Crippen molar-refractivity contribution in [2.24, 2.45) is 10.3 Å². The average Bonchev–Trinajstić information content (AvgIpc) is 3.65. The van der Waals surface area contributed by atoms with Crippen molar-refractivity contribution in [2.45, 2.75) is 18.6 Å². The first-order chi connectivity index (χ1) is 17.1. The predicted octanol–water partition coefficient (Wildman–Crippen LogP) is 1.98. The summed E-state index contributed by atoms with van der Waals surface area (Å²) in [5.41, 5.74) is 0.999. The summed E-state index contributed by atoms with van der Waals surface area (Å²) < 4.78 is 26.6. The van der Waals surface area contributed by atoms with E-state index >= 15 is 0 Å². The summed E-state index contributed by atoms with van der Waals surface area (Å²) in [4.78, 5) is 31.8. The number of anilines is 1. The van der Waals surface area contributed by atoms with Crippen LogP contribution in [0.1, 0.15) is 5.89 Å². The zero-order valence-corrected chi connectivity index (χ0v) is 18.6. The number of hydrogen-bond acceptors (Lipinski definition) is 12. The van der Waals surface area contributed by atoms with Crippen molar-refractivity contribution in [1.82, 2.24) is 15.1 Å². The number of carbonyl (C=O) groups is 2. The molecule has 0 N–H and O–H groups in total. The molecule has 2 atom stereocenters. The minimum absolute atomic E-state index is 0.00346. The summed E-state index contributed by atoms with van der Waals surface area (Å²) in [6, 6.07) is 8.20. The van der Waals surface area contributed by atoms with Crippen molar-refractivity contribution < 1.29 is 33.1 Å². The molecular formula is C22H18N6O7. The van der Waals surface area contributed by atoms with Crippen LogP contribution in [0.2, 0.25) is 0 Å². The zero-order valence-electron chi connectivity index (χ0n) is 18.6. The first kappa shape index (κ1) is 20.9. The third kappa shape index (κ3) is 3.39. The minimum Gasteiger partial charge on any atom is -0.497 e. The molecule has 4 heterocycles. The molecule has 1 fully saturated rings. The van der Waals surface area contributed by atoms with Gasteiger partial charge in [0.05, 0.1) is 19.9 Å². The standard InChI is InChI=1S/C22H18N6O7/c1-31-13-6-12(7-14(8-13)32-2)28-21(29)18-19(22(28)30)27(26-24-18)9-17-23-20(25-35-17)11-3-4-15-16(5-11)34-10-33-15/h3-8,18-19H,9-10H2,1-2H3/t18-,19+/m1/s1. The van der Waals surface area contributed by atoms with Crippen LogP contribution in [-0.2, 0) is 16.1 Å². The number of amides is 2. The molecule has 6 rings (SSSR count). The van der Waals surface area contributed by atoms with Crippen LogP contribution in [-0.4, -0.2) is 60.1 Å². The largest absolute Gasteiger partial charge is 0.497 e. The van der Waals surface area contributed by atoms with Gasteiger partial charge in [0.1, 0.15) is 18.0 Å². The summed E-state index contributed by atoms with van der Waals surface area (Å²) >= 11 is 0. The van der Waals surface area contributed by atoms with Gasteiger partial charge in [-0.2, -0.15) is 10.1 Å². The molecule has 3 aromatic rings. The Hall–Kier alpha value is -4.68. The Bertz CT molecular complexity index is 1350. The molecule has 0 spiro atoms. The number of nitrogens with zero attached hydrogens (tertiary/aromatic N) is 6. The van der Waals surface area contributed by atoms with Crippen molar-refractivity contribution in [2.75, 3.05) is 25.9 Å². The molecule has 13 nitrogen and oxygen atoms in total. The monoisotopic (exact) mass is 478 g/mol. The van der Waals surface area contributed by atoms with Crippen LogP contribution >= 0.6 is 0 Å². The number of aromatic nitrogens is 2. The SMILES string of the molecule is COc1cc(OC)cc(N2C(=O)[C@@H]3[C@@H](N=NN3Cc3nc(-c4ccc5c(c4)OCO5)no3)C2=O)c1. The lowest BCUT2D eigenvalue weighted by Gasteiger charge is -2.20. The van der Waals surface area contributed by atoms with Crippen molar-refractivity contribution in [3.63, 3.8) is 0 Å². The smallest absolute Gasteiger partial charge is 0.263 e. The molecule has 35 heavy (non-hydrogen) atoms. The van der Waals surface area contributed by atoms with E-state index in [2.05, 4.69) is 20.5 Å². The number of benzene rings is 2. The predicted molar refractivity (Wildman–Crippen MR) is 116 cm³/mol. The third-order valence-electron chi connectivity index (χ3n) is 5.85. The van der Waals surface area contributed by atoms with Crippen LogP contribution in [0.4, 0.5) is 5.69 Å². The van der Waals surface area contributed by atoms with Crippen LogP contribution in [0.3, 0.4) is 0 Å². The van der Waals surface area contributed by atoms with Crippen LogP contribution in [0.5, 0.6) is 23.0 Å². The second-order valence-corrected chi connectivity index (χ2v) is 7.85. The number of hydrogen-bond donors (Lipinski definition) is 0. The number of fused-ring (bicyclic) bond motifs is 2. The van der Waals surface area contributed by atoms with Gasteiger partial charge in [-0.05, 0) is 18.2 Å². The minimum atomic E-state index is -0.976. The third-order valence-corrected chi connectivity index (χ3v) is 5.85. The summed E-state index contributed by atoms with van der Waals surface area (Å²) in [7, 11) is 2.97. The Balaban J connectivity index is 1.23. The Kier molecular flexibility index (Phi) is 4.76. The molecule has 0 saturated carbocycles. The second kappa shape index (κ2) is 7.97. The Morgan fingerprint density at radius 3 is 2.54 bits per heavy atom. The van der Waals surface area contributed by atoms with Gasteiger partial charge in [0.2, 0.25) is 18.5 Å². The van der Waals surface area contributed by atoms with E-state index in [0.717, 1.165) is 4.90 Å². The summed E-state index contributed by atoms with van der Waals surface area (Å²) in [5, 5.41) is 13.4. The number of ether oxygens (including phenoxy) is 4. The van der Waals surface area contributed by atoms with Gasteiger partial charge >= 0.3 is 0 Å². The fraction of sp³-hybridized carbons (Fsp3) is 0.273. The van der Waals surface area contributed by atoms with Gasteiger partial charge in [0.15, 0.2) is 23.6 Å². The topological polar surface area (TPSA) is 141 Å². The van der Waals surface area contributed by atoms with Gasteiger partial charge in [-0.1, -0.05) is 10.4 Å². The van der Waals surface area contributed by atoms with Crippen LogP contribution < -0.4 is 23.8 Å². The van der Waals surface area contributed by atoms with E-state index < -0.39 is 23.9 Å². The number of imide groups is 1. The quantitative estimate of drug-likeness (QED) is 0.483. The normalized spacial score (nSPS) is 20.1. The molecule has 0 aliphatic carbocycles. The molecule has 0 radical (unpaired) electrons. The number of rotatable bonds is 6. The van der Waals surface area contributed by atoms with E-state index in [1.54, 1.807) is 36.4 Å². The van der Waals surface area contributed by atoms with E-state index in [1.807, 2.05) is 0 Å². The molecule has 13 heteroatoms. The Labute approximate surface area is 197 Å². The molecule has 3 aliphatic rings. The van der Waals surface area contributed by atoms with E-state index in [4.69, 9.17) is 23.5 Å².